The number of carbonyl (C=O) groups is 2. The van der Waals surface area contributed by atoms with Crippen molar-refractivity contribution in [2.24, 2.45) is 11.7 Å². The van der Waals surface area contributed by atoms with E-state index in [1.54, 1.807) is 7.11 Å². The number of nitrogens with one attached hydrogen (secondary N) is 1. The number of methoxy groups -OCH3 is 1. The lowest BCUT2D eigenvalue weighted by Gasteiger charge is -2.18. The molecular weight excluding hydrogens is 326 g/mol. The smallest absolute Gasteiger partial charge is 0.254 e. The molecule has 132 valence electrons. The number of thioether (sulfide) groups is 1. The van der Waals surface area contributed by atoms with Crippen molar-refractivity contribution in [1.29, 1.82) is 0 Å². The van der Waals surface area contributed by atoms with Gasteiger partial charge >= 0.3 is 0 Å². The number of amides is 2. The highest BCUT2D eigenvalue weighted by Crippen LogP contribution is 2.26. The second kappa shape index (κ2) is 9.66. The number of benzene rings is 1. The fourth-order valence-electron chi connectivity index (χ4n) is 2.64. The lowest BCUT2D eigenvalue weighted by molar-refractivity contribution is -0.118. The monoisotopic (exact) mass is 351 g/mol. The molecule has 1 aromatic rings. The highest BCUT2D eigenvalue weighted by molar-refractivity contribution is 8.00. The van der Waals surface area contributed by atoms with Crippen LogP contribution in [0.15, 0.2) is 29.2 Å². The van der Waals surface area contributed by atoms with Gasteiger partial charge in [0.15, 0.2) is 0 Å². The standard InChI is InChI=1S/C17H25N3O3S/c1-23-9-7-19-16(21)12-24-15-5-3-2-4-14(15)17(22)20-8-6-13(10-18)11-20/h2-5,13H,6-12,18H2,1H3,(H,19,21). The molecule has 0 spiro atoms. The summed E-state index contributed by atoms with van der Waals surface area (Å²) in [6, 6.07) is 7.45. The normalized spacial score (nSPS) is 17.1. The van der Waals surface area contributed by atoms with Crippen LogP contribution in [0.25, 0.3) is 0 Å². The Kier molecular flexibility index (Phi) is 7.55. The van der Waals surface area contributed by atoms with Crippen molar-refractivity contribution < 1.29 is 14.3 Å². The van der Waals surface area contributed by atoms with Gasteiger partial charge in [-0.3, -0.25) is 9.59 Å². The van der Waals surface area contributed by atoms with E-state index >= 15 is 0 Å². The van der Waals surface area contributed by atoms with E-state index in [4.69, 9.17) is 10.5 Å². The van der Waals surface area contributed by atoms with E-state index in [0.717, 1.165) is 17.9 Å². The Morgan fingerprint density at radius 3 is 2.92 bits per heavy atom. The van der Waals surface area contributed by atoms with Crippen LogP contribution in [-0.2, 0) is 9.53 Å². The maximum Gasteiger partial charge on any atom is 0.254 e. The van der Waals surface area contributed by atoms with Crippen LogP contribution in [0.1, 0.15) is 16.8 Å². The summed E-state index contributed by atoms with van der Waals surface area (Å²) in [5.41, 5.74) is 6.36. The summed E-state index contributed by atoms with van der Waals surface area (Å²) in [7, 11) is 1.59. The Morgan fingerprint density at radius 2 is 2.21 bits per heavy atom. The first kappa shape index (κ1) is 18.8. The first-order chi connectivity index (χ1) is 11.7. The molecule has 1 aromatic carbocycles. The molecule has 2 amide bonds. The van der Waals surface area contributed by atoms with Crippen molar-refractivity contribution >= 4 is 23.6 Å². The molecule has 0 radical (unpaired) electrons. The van der Waals surface area contributed by atoms with Gasteiger partial charge in [-0.15, -0.1) is 11.8 Å². The summed E-state index contributed by atoms with van der Waals surface area (Å²) in [5, 5.41) is 2.78. The summed E-state index contributed by atoms with van der Waals surface area (Å²) in [5.74, 6) is 0.622. The van der Waals surface area contributed by atoms with Crippen LogP contribution in [0.5, 0.6) is 0 Å². The van der Waals surface area contributed by atoms with Gasteiger partial charge in [-0.2, -0.15) is 0 Å². The van der Waals surface area contributed by atoms with Gasteiger partial charge in [-0.1, -0.05) is 12.1 Å². The fraction of sp³-hybridized carbons (Fsp3) is 0.529. The quantitative estimate of drug-likeness (QED) is 0.538. The Hall–Kier alpha value is -1.57. The maximum atomic E-state index is 12.7. The highest BCUT2D eigenvalue weighted by atomic mass is 32.2. The van der Waals surface area contributed by atoms with Crippen molar-refractivity contribution in [3.05, 3.63) is 29.8 Å². The molecule has 3 N–H and O–H groups in total. The Labute approximate surface area is 147 Å². The number of carbonyl (C=O) groups excluding carboxylic acids is 2. The van der Waals surface area contributed by atoms with Gasteiger partial charge in [-0.25, -0.2) is 0 Å². The Morgan fingerprint density at radius 1 is 1.42 bits per heavy atom. The lowest BCUT2D eigenvalue weighted by Crippen LogP contribution is -2.30. The van der Waals surface area contributed by atoms with Gasteiger partial charge in [0.2, 0.25) is 5.91 Å². The summed E-state index contributed by atoms with van der Waals surface area (Å²) in [6.45, 7) is 3.05. The minimum atomic E-state index is -0.0660. The number of rotatable bonds is 8. The number of likely N-dealkylation sites (tertiary alicyclic amines) is 1. The maximum absolute atomic E-state index is 12.7. The third-order valence-corrected chi connectivity index (χ3v) is 5.08. The molecule has 1 heterocycles. The molecule has 1 atom stereocenters. The molecular formula is C17H25N3O3S. The second-order valence-electron chi connectivity index (χ2n) is 5.77. The number of hydrogen-bond donors (Lipinski definition) is 2. The lowest BCUT2D eigenvalue weighted by atomic mass is 10.1. The van der Waals surface area contributed by atoms with E-state index in [2.05, 4.69) is 5.32 Å². The van der Waals surface area contributed by atoms with Gasteiger partial charge in [0.05, 0.1) is 17.9 Å². The molecule has 1 aliphatic rings. The van der Waals surface area contributed by atoms with E-state index in [9.17, 15) is 9.59 Å². The molecule has 2 rings (SSSR count). The average Bonchev–Trinajstić information content (AvgIpc) is 3.09. The predicted octanol–water partition coefficient (Wildman–Crippen LogP) is 0.962. The molecule has 1 unspecified atom stereocenters. The van der Waals surface area contributed by atoms with Gasteiger partial charge in [0, 0.05) is 31.6 Å². The molecule has 0 saturated carbocycles. The van der Waals surface area contributed by atoms with Crippen LogP contribution in [0.3, 0.4) is 0 Å². The number of nitrogens with zero attached hydrogens (tertiary/aromatic N) is 1. The van der Waals surface area contributed by atoms with Crippen molar-refractivity contribution in [3.63, 3.8) is 0 Å². The minimum Gasteiger partial charge on any atom is -0.383 e. The summed E-state index contributed by atoms with van der Waals surface area (Å²) >= 11 is 1.38. The van der Waals surface area contributed by atoms with E-state index in [1.165, 1.54) is 11.8 Å². The summed E-state index contributed by atoms with van der Waals surface area (Å²) in [4.78, 5) is 27.2. The van der Waals surface area contributed by atoms with Crippen molar-refractivity contribution in [2.45, 2.75) is 11.3 Å². The topological polar surface area (TPSA) is 84.7 Å². The Bertz CT molecular complexity index is 568. The van der Waals surface area contributed by atoms with Gasteiger partial charge < -0.3 is 20.7 Å². The van der Waals surface area contributed by atoms with Crippen LogP contribution < -0.4 is 11.1 Å². The van der Waals surface area contributed by atoms with Gasteiger partial charge in [0.25, 0.3) is 5.91 Å². The third-order valence-electron chi connectivity index (χ3n) is 4.01. The minimum absolute atomic E-state index is 0.0221. The van der Waals surface area contributed by atoms with E-state index in [0.29, 0.717) is 37.7 Å². The summed E-state index contributed by atoms with van der Waals surface area (Å²) in [6.07, 6.45) is 0.958. The molecule has 1 fully saturated rings. The number of hydrogen-bond acceptors (Lipinski definition) is 5. The zero-order chi connectivity index (χ0) is 17.4. The first-order valence-electron chi connectivity index (χ1n) is 8.12. The van der Waals surface area contributed by atoms with Gasteiger partial charge in [0.1, 0.15) is 0 Å². The van der Waals surface area contributed by atoms with Gasteiger partial charge in [-0.05, 0) is 31.0 Å². The van der Waals surface area contributed by atoms with E-state index in [1.807, 2.05) is 29.2 Å². The molecule has 6 nitrogen and oxygen atoms in total. The molecule has 7 heteroatoms. The van der Waals surface area contributed by atoms with E-state index < -0.39 is 0 Å². The molecule has 0 bridgehead atoms. The molecule has 24 heavy (non-hydrogen) atoms. The zero-order valence-electron chi connectivity index (χ0n) is 14.0. The molecule has 1 aliphatic heterocycles. The average molecular weight is 351 g/mol. The molecule has 0 aromatic heterocycles. The van der Waals surface area contributed by atoms with Crippen molar-refractivity contribution in [3.8, 4) is 0 Å². The SMILES string of the molecule is COCCNC(=O)CSc1ccccc1C(=O)N1CCC(CN)C1. The van der Waals surface area contributed by atoms with E-state index in [-0.39, 0.29) is 17.6 Å². The van der Waals surface area contributed by atoms with Crippen LogP contribution in [0.2, 0.25) is 0 Å². The summed E-state index contributed by atoms with van der Waals surface area (Å²) < 4.78 is 4.90. The van der Waals surface area contributed by atoms with Crippen LogP contribution in [0.4, 0.5) is 0 Å². The Balaban J connectivity index is 1.94. The number of nitrogens with two attached hydrogens (primary N) is 1. The van der Waals surface area contributed by atoms with Crippen LogP contribution >= 0.6 is 11.8 Å². The van der Waals surface area contributed by atoms with Crippen molar-refractivity contribution in [2.75, 3.05) is 45.6 Å². The largest absolute Gasteiger partial charge is 0.383 e. The zero-order valence-corrected chi connectivity index (χ0v) is 14.8. The van der Waals surface area contributed by atoms with Crippen molar-refractivity contribution in [1.82, 2.24) is 10.2 Å². The molecule has 1 saturated heterocycles. The first-order valence-corrected chi connectivity index (χ1v) is 9.11. The predicted molar refractivity (Wildman–Crippen MR) is 95.1 cm³/mol. The van der Waals surface area contributed by atoms with Crippen LogP contribution in [0, 0.1) is 5.92 Å². The number of ether oxygens (including phenoxy) is 1. The highest BCUT2D eigenvalue weighted by Gasteiger charge is 2.27. The third kappa shape index (κ3) is 5.22. The molecule has 0 aliphatic carbocycles. The second-order valence-corrected chi connectivity index (χ2v) is 6.79. The van der Waals surface area contributed by atoms with Crippen LogP contribution in [-0.4, -0.2) is 62.4 Å². The fourth-order valence-corrected chi connectivity index (χ4v) is 3.51.